The lowest BCUT2D eigenvalue weighted by Crippen LogP contribution is -2.36. The van der Waals surface area contributed by atoms with Crippen LogP contribution in [0.1, 0.15) is 30.6 Å². The second-order valence-corrected chi connectivity index (χ2v) is 7.27. The number of rotatable bonds is 8. The van der Waals surface area contributed by atoms with Crippen molar-refractivity contribution in [2.45, 2.75) is 31.2 Å². The smallest absolute Gasteiger partial charge is 0.338 e. The Balaban J connectivity index is 2.68. The molecule has 0 aliphatic rings. The number of sulfonamides is 1. The van der Waals surface area contributed by atoms with E-state index in [1.54, 1.807) is 7.05 Å². The number of esters is 1. The number of amides is 1. The summed E-state index contributed by atoms with van der Waals surface area (Å²) in [6.07, 6.45) is 0.0580. The van der Waals surface area contributed by atoms with E-state index < -0.39 is 16.0 Å². The number of likely N-dealkylation sites (N-methyl/N-ethyl adjacent to an activating group) is 1. The van der Waals surface area contributed by atoms with Gasteiger partial charge in [0.15, 0.2) is 6.61 Å². The molecule has 0 bridgehead atoms. The van der Waals surface area contributed by atoms with Gasteiger partial charge in [0.25, 0.3) is 5.91 Å². The second-order valence-electron chi connectivity index (χ2n) is 5.50. The van der Waals surface area contributed by atoms with Crippen molar-refractivity contribution in [1.29, 1.82) is 5.26 Å². The normalized spacial score (nSPS) is 11.0. The van der Waals surface area contributed by atoms with Gasteiger partial charge in [-0.2, -0.15) is 5.26 Å². The molecule has 0 aliphatic carbocycles. The molecule has 0 fully saturated rings. The lowest BCUT2D eigenvalue weighted by molar-refractivity contribution is -0.134. The van der Waals surface area contributed by atoms with E-state index in [0.717, 1.165) is 0 Å². The third kappa shape index (κ3) is 6.17. The van der Waals surface area contributed by atoms with E-state index in [4.69, 9.17) is 10.00 Å². The molecule has 0 atom stereocenters. The van der Waals surface area contributed by atoms with Gasteiger partial charge >= 0.3 is 5.97 Å². The summed E-state index contributed by atoms with van der Waals surface area (Å²) in [6, 6.07) is 6.95. The van der Waals surface area contributed by atoms with Crippen molar-refractivity contribution in [2.24, 2.45) is 0 Å². The van der Waals surface area contributed by atoms with Gasteiger partial charge in [0.1, 0.15) is 0 Å². The minimum atomic E-state index is -3.74. The molecule has 0 saturated heterocycles. The first-order valence-corrected chi connectivity index (χ1v) is 9.07. The van der Waals surface area contributed by atoms with Gasteiger partial charge in [-0.1, -0.05) is 0 Å². The minimum Gasteiger partial charge on any atom is -0.452 e. The largest absolute Gasteiger partial charge is 0.452 e. The van der Waals surface area contributed by atoms with Crippen molar-refractivity contribution in [3.63, 3.8) is 0 Å². The number of hydrogen-bond acceptors (Lipinski definition) is 6. The van der Waals surface area contributed by atoms with Crippen molar-refractivity contribution >= 4 is 21.9 Å². The Morgan fingerprint density at radius 1 is 1.28 bits per heavy atom. The molecule has 8 nitrogen and oxygen atoms in total. The quantitative estimate of drug-likeness (QED) is 0.539. The van der Waals surface area contributed by atoms with E-state index in [-0.39, 0.29) is 42.0 Å². The molecule has 136 valence electrons. The summed E-state index contributed by atoms with van der Waals surface area (Å²) in [5.41, 5.74) is 0.135. The maximum absolute atomic E-state index is 12.0. The molecule has 1 N–H and O–H groups in total. The van der Waals surface area contributed by atoms with E-state index in [2.05, 4.69) is 4.72 Å². The zero-order valence-electron chi connectivity index (χ0n) is 14.4. The summed E-state index contributed by atoms with van der Waals surface area (Å²) in [5, 5.41) is 8.42. The highest BCUT2D eigenvalue weighted by Crippen LogP contribution is 2.11. The molecule has 1 aromatic rings. The Labute approximate surface area is 147 Å². The number of ether oxygens (including phenoxy) is 1. The minimum absolute atomic E-state index is 0.00804. The monoisotopic (exact) mass is 367 g/mol. The number of hydrogen-bond donors (Lipinski definition) is 1. The highest BCUT2D eigenvalue weighted by atomic mass is 32.2. The van der Waals surface area contributed by atoms with Crippen LogP contribution in [0.4, 0.5) is 0 Å². The molecular weight excluding hydrogens is 346 g/mol. The van der Waals surface area contributed by atoms with Crippen LogP contribution in [0.3, 0.4) is 0 Å². The molecule has 0 aliphatic heterocycles. The molecular formula is C16H21N3O5S. The van der Waals surface area contributed by atoms with Gasteiger partial charge < -0.3 is 9.64 Å². The lowest BCUT2D eigenvalue weighted by atomic mass is 10.2. The highest BCUT2D eigenvalue weighted by molar-refractivity contribution is 7.89. The number of nitrogens with zero attached hydrogens (tertiary/aromatic N) is 2. The number of nitriles is 1. The molecule has 1 aromatic carbocycles. The zero-order chi connectivity index (χ0) is 19.0. The number of carbonyl (C=O) groups excluding carboxylic acids is 2. The van der Waals surface area contributed by atoms with Crippen molar-refractivity contribution in [2.75, 3.05) is 20.2 Å². The first-order valence-electron chi connectivity index (χ1n) is 7.58. The lowest BCUT2D eigenvalue weighted by Gasteiger charge is -2.21. The third-order valence-corrected chi connectivity index (χ3v) is 4.90. The van der Waals surface area contributed by atoms with E-state index >= 15 is 0 Å². The summed E-state index contributed by atoms with van der Waals surface area (Å²) in [5.74, 6) is -1.05. The number of carbonyl (C=O) groups is 2. The van der Waals surface area contributed by atoms with Crippen LogP contribution >= 0.6 is 0 Å². The van der Waals surface area contributed by atoms with Gasteiger partial charge in [-0.15, -0.1) is 0 Å². The molecule has 0 heterocycles. The van der Waals surface area contributed by atoms with Crippen LogP contribution in [0.2, 0.25) is 0 Å². The van der Waals surface area contributed by atoms with Crippen LogP contribution in [0, 0.1) is 11.3 Å². The molecule has 1 rings (SSSR count). The summed E-state index contributed by atoms with van der Waals surface area (Å²) in [7, 11) is -2.12. The number of nitrogens with one attached hydrogen (secondary N) is 1. The van der Waals surface area contributed by atoms with Crippen LogP contribution in [0.5, 0.6) is 0 Å². The Hall–Kier alpha value is -2.44. The van der Waals surface area contributed by atoms with Gasteiger partial charge in [-0.25, -0.2) is 17.9 Å². The van der Waals surface area contributed by atoms with Gasteiger partial charge in [0, 0.05) is 26.1 Å². The summed E-state index contributed by atoms with van der Waals surface area (Å²) in [4.78, 5) is 25.1. The number of benzene rings is 1. The fraction of sp³-hybridized carbons (Fsp3) is 0.438. The van der Waals surface area contributed by atoms with Gasteiger partial charge in [0.05, 0.1) is 16.5 Å². The molecule has 0 spiro atoms. The zero-order valence-corrected chi connectivity index (χ0v) is 15.2. The molecule has 25 heavy (non-hydrogen) atoms. The van der Waals surface area contributed by atoms with Crippen molar-refractivity contribution in [1.82, 2.24) is 9.62 Å². The average molecular weight is 367 g/mol. The topological polar surface area (TPSA) is 117 Å². The molecule has 0 unspecified atom stereocenters. The van der Waals surface area contributed by atoms with Crippen LogP contribution in [-0.2, 0) is 19.6 Å². The Kier molecular flexibility index (Phi) is 7.54. The molecule has 0 saturated carbocycles. The molecule has 9 heteroatoms. The highest BCUT2D eigenvalue weighted by Gasteiger charge is 2.17. The summed E-state index contributed by atoms with van der Waals surface area (Å²) in [6.45, 7) is 3.30. The molecule has 1 amide bonds. The molecule has 0 radical (unpaired) electrons. The first-order chi connectivity index (χ1) is 11.7. The fourth-order valence-corrected chi connectivity index (χ4v) is 2.73. The fourth-order valence-electron chi connectivity index (χ4n) is 1.70. The van der Waals surface area contributed by atoms with E-state index in [1.165, 1.54) is 29.2 Å². The van der Waals surface area contributed by atoms with E-state index in [1.807, 2.05) is 19.9 Å². The van der Waals surface area contributed by atoms with Crippen LogP contribution in [-0.4, -0.2) is 51.4 Å². The van der Waals surface area contributed by atoms with Gasteiger partial charge in [-0.3, -0.25) is 4.79 Å². The average Bonchev–Trinajstić information content (AvgIpc) is 2.58. The SMILES string of the molecule is CC(C)N(C)C(=O)COC(=O)c1ccc(S(=O)(=O)NCCC#N)cc1. The maximum Gasteiger partial charge on any atom is 0.338 e. The Bertz CT molecular complexity index is 751. The van der Waals surface area contributed by atoms with Gasteiger partial charge in [0.2, 0.25) is 10.0 Å². The van der Waals surface area contributed by atoms with Crippen LogP contribution in [0.25, 0.3) is 0 Å². The van der Waals surface area contributed by atoms with Crippen LogP contribution in [0.15, 0.2) is 29.2 Å². The van der Waals surface area contributed by atoms with Crippen molar-refractivity contribution in [3.8, 4) is 6.07 Å². The third-order valence-electron chi connectivity index (χ3n) is 3.42. The Morgan fingerprint density at radius 3 is 2.40 bits per heavy atom. The van der Waals surface area contributed by atoms with E-state index in [0.29, 0.717) is 0 Å². The summed E-state index contributed by atoms with van der Waals surface area (Å²) >= 11 is 0. The standard InChI is InChI=1S/C16H21N3O5S/c1-12(2)19(3)15(20)11-24-16(21)13-5-7-14(8-6-13)25(22,23)18-10-4-9-17/h5-8,12,18H,4,10-11H2,1-3H3. The van der Waals surface area contributed by atoms with Crippen molar-refractivity contribution in [3.05, 3.63) is 29.8 Å². The summed E-state index contributed by atoms with van der Waals surface area (Å²) < 4.78 is 31.1. The predicted molar refractivity (Wildman–Crippen MR) is 90.0 cm³/mol. The van der Waals surface area contributed by atoms with Crippen molar-refractivity contribution < 1.29 is 22.7 Å². The van der Waals surface area contributed by atoms with E-state index in [9.17, 15) is 18.0 Å². The second kappa shape index (κ2) is 9.15. The van der Waals surface area contributed by atoms with Crippen LogP contribution < -0.4 is 4.72 Å². The molecule has 0 aromatic heterocycles. The predicted octanol–water partition coefficient (Wildman–Crippen LogP) is 0.902. The maximum atomic E-state index is 12.0. The Morgan fingerprint density at radius 2 is 1.88 bits per heavy atom. The van der Waals surface area contributed by atoms with Gasteiger partial charge in [-0.05, 0) is 38.1 Å². The first kappa shape index (κ1) is 20.6.